The Morgan fingerprint density at radius 3 is 2.52 bits per heavy atom. The first kappa shape index (κ1) is 16.8. The van der Waals surface area contributed by atoms with Crippen LogP contribution in [-0.2, 0) is 4.79 Å². The van der Waals surface area contributed by atoms with Gasteiger partial charge in [0, 0.05) is 13.1 Å². The molecule has 6 nitrogen and oxygen atoms in total. The molecule has 0 aliphatic rings. The second kappa shape index (κ2) is 9.63. The van der Waals surface area contributed by atoms with Gasteiger partial charge in [-0.15, -0.1) is 0 Å². The molecule has 21 heavy (non-hydrogen) atoms. The Balaban J connectivity index is 2.00. The number of aliphatic carboxylic acids is 1. The molecule has 0 radical (unpaired) electrons. The van der Waals surface area contributed by atoms with Crippen LogP contribution in [0, 0.1) is 5.92 Å². The summed E-state index contributed by atoms with van der Waals surface area (Å²) in [6.45, 7) is 3.00. The lowest BCUT2D eigenvalue weighted by Gasteiger charge is -2.10. The standard InChI is InChI=1S/C15H22N2O4/c1-12(14(18)19)8-10-17-15(20)16-9-5-11-21-13-6-3-2-4-7-13/h2-4,6-7,12H,5,8-11H2,1H3,(H,18,19)(H2,16,17,20). The quantitative estimate of drug-likeness (QED) is 0.607. The van der Waals surface area contributed by atoms with Gasteiger partial charge in [-0.2, -0.15) is 0 Å². The van der Waals surface area contributed by atoms with E-state index in [0.717, 1.165) is 5.75 Å². The van der Waals surface area contributed by atoms with E-state index >= 15 is 0 Å². The lowest BCUT2D eigenvalue weighted by atomic mass is 10.1. The van der Waals surface area contributed by atoms with Crippen LogP contribution in [0.2, 0.25) is 0 Å². The number of para-hydroxylation sites is 1. The van der Waals surface area contributed by atoms with Gasteiger partial charge in [0.15, 0.2) is 0 Å². The third-order valence-corrected chi connectivity index (χ3v) is 2.90. The number of hydrogen-bond acceptors (Lipinski definition) is 3. The van der Waals surface area contributed by atoms with Crippen molar-refractivity contribution in [2.75, 3.05) is 19.7 Å². The summed E-state index contributed by atoms with van der Waals surface area (Å²) in [5.74, 6) is -0.496. The molecule has 3 N–H and O–H groups in total. The average Bonchev–Trinajstić information content (AvgIpc) is 2.47. The Morgan fingerprint density at radius 1 is 1.19 bits per heavy atom. The summed E-state index contributed by atoms with van der Waals surface area (Å²) < 4.78 is 5.49. The molecule has 0 aliphatic carbocycles. The molecule has 0 bridgehead atoms. The maximum atomic E-state index is 11.4. The molecule has 1 unspecified atom stereocenters. The summed E-state index contributed by atoms with van der Waals surface area (Å²) >= 11 is 0. The zero-order valence-corrected chi connectivity index (χ0v) is 12.2. The highest BCUT2D eigenvalue weighted by Crippen LogP contribution is 2.07. The lowest BCUT2D eigenvalue weighted by molar-refractivity contribution is -0.141. The minimum atomic E-state index is -0.852. The zero-order chi connectivity index (χ0) is 15.5. The summed E-state index contributed by atoms with van der Waals surface area (Å²) in [4.78, 5) is 22.0. The maximum Gasteiger partial charge on any atom is 0.314 e. The minimum Gasteiger partial charge on any atom is -0.494 e. The van der Waals surface area contributed by atoms with Gasteiger partial charge < -0.3 is 20.5 Å². The maximum absolute atomic E-state index is 11.4. The minimum absolute atomic E-state index is 0.285. The van der Waals surface area contributed by atoms with E-state index in [9.17, 15) is 9.59 Å². The van der Waals surface area contributed by atoms with E-state index in [0.29, 0.717) is 32.5 Å². The Bertz CT molecular complexity index is 437. The van der Waals surface area contributed by atoms with Crippen LogP contribution in [0.5, 0.6) is 5.75 Å². The van der Waals surface area contributed by atoms with Gasteiger partial charge in [-0.05, 0) is 25.0 Å². The number of benzene rings is 1. The predicted octanol–water partition coefficient (Wildman–Crippen LogP) is 1.87. The molecule has 1 aromatic rings. The van der Waals surface area contributed by atoms with Crippen LogP contribution in [0.1, 0.15) is 19.8 Å². The Hall–Kier alpha value is -2.24. The number of carboxylic acid groups (broad SMARTS) is 1. The van der Waals surface area contributed by atoms with Crippen molar-refractivity contribution in [1.29, 1.82) is 0 Å². The Kier molecular flexibility index (Phi) is 7.71. The van der Waals surface area contributed by atoms with Crippen molar-refractivity contribution in [2.24, 2.45) is 5.92 Å². The Morgan fingerprint density at radius 2 is 1.86 bits per heavy atom. The van der Waals surface area contributed by atoms with Crippen LogP contribution < -0.4 is 15.4 Å². The van der Waals surface area contributed by atoms with Crippen molar-refractivity contribution in [3.05, 3.63) is 30.3 Å². The van der Waals surface area contributed by atoms with Crippen molar-refractivity contribution < 1.29 is 19.4 Å². The molecule has 2 amide bonds. The van der Waals surface area contributed by atoms with Gasteiger partial charge in [-0.1, -0.05) is 25.1 Å². The van der Waals surface area contributed by atoms with E-state index in [1.165, 1.54) is 0 Å². The molecule has 0 saturated carbocycles. The van der Waals surface area contributed by atoms with Crippen LogP contribution in [-0.4, -0.2) is 36.8 Å². The molecule has 0 saturated heterocycles. The highest BCUT2D eigenvalue weighted by atomic mass is 16.5. The van der Waals surface area contributed by atoms with E-state index in [1.807, 2.05) is 30.3 Å². The number of hydrogen-bond donors (Lipinski definition) is 3. The van der Waals surface area contributed by atoms with Gasteiger partial charge in [0.05, 0.1) is 12.5 Å². The normalized spacial score (nSPS) is 11.5. The molecule has 116 valence electrons. The number of carbonyl (C=O) groups is 2. The average molecular weight is 294 g/mol. The fraction of sp³-hybridized carbons (Fsp3) is 0.467. The molecule has 1 atom stereocenters. The number of nitrogens with one attached hydrogen (secondary N) is 2. The largest absolute Gasteiger partial charge is 0.494 e. The van der Waals surface area contributed by atoms with Crippen LogP contribution in [0.4, 0.5) is 4.79 Å². The zero-order valence-electron chi connectivity index (χ0n) is 12.2. The topological polar surface area (TPSA) is 87.7 Å². The molecule has 0 heterocycles. The predicted molar refractivity (Wildman–Crippen MR) is 79.4 cm³/mol. The van der Waals surface area contributed by atoms with E-state index in [2.05, 4.69) is 10.6 Å². The van der Waals surface area contributed by atoms with Gasteiger partial charge in [-0.3, -0.25) is 4.79 Å². The monoisotopic (exact) mass is 294 g/mol. The smallest absolute Gasteiger partial charge is 0.314 e. The van der Waals surface area contributed by atoms with Crippen LogP contribution >= 0.6 is 0 Å². The molecule has 0 aromatic heterocycles. The molecule has 0 fully saturated rings. The van der Waals surface area contributed by atoms with E-state index < -0.39 is 11.9 Å². The van der Waals surface area contributed by atoms with Crippen molar-refractivity contribution in [2.45, 2.75) is 19.8 Å². The van der Waals surface area contributed by atoms with Crippen LogP contribution in [0.3, 0.4) is 0 Å². The number of carboxylic acids is 1. The van der Waals surface area contributed by atoms with Crippen molar-refractivity contribution >= 4 is 12.0 Å². The number of rotatable bonds is 9. The Labute approximate surface area is 124 Å². The third-order valence-electron chi connectivity index (χ3n) is 2.90. The second-order valence-electron chi connectivity index (χ2n) is 4.73. The number of urea groups is 1. The fourth-order valence-corrected chi connectivity index (χ4v) is 1.57. The lowest BCUT2D eigenvalue weighted by Crippen LogP contribution is -2.37. The van der Waals surface area contributed by atoms with Crippen molar-refractivity contribution in [3.8, 4) is 5.75 Å². The SMILES string of the molecule is CC(CCNC(=O)NCCCOc1ccccc1)C(=O)O. The van der Waals surface area contributed by atoms with Gasteiger partial charge in [0.25, 0.3) is 0 Å². The number of carbonyl (C=O) groups excluding carboxylic acids is 1. The summed E-state index contributed by atoms with van der Waals surface area (Å²) in [6, 6.07) is 9.20. The number of ether oxygens (including phenoxy) is 1. The molecule has 6 heteroatoms. The summed E-state index contributed by atoms with van der Waals surface area (Å²) in [5.41, 5.74) is 0. The first-order valence-electron chi connectivity index (χ1n) is 7.02. The molecular formula is C15H22N2O4. The van der Waals surface area contributed by atoms with Crippen LogP contribution in [0.15, 0.2) is 30.3 Å². The molecule has 1 aromatic carbocycles. The van der Waals surface area contributed by atoms with Gasteiger partial charge in [-0.25, -0.2) is 4.79 Å². The molecule has 1 rings (SSSR count). The third kappa shape index (κ3) is 7.81. The first-order chi connectivity index (χ1) is 10.1. The van der Waals surface area contributed by atoms with Crippen molar-refractivity contribution in [1.82, 2.24) is 10.6 Å². The fourth-order valence-electron chi connectivity index (χ4n) is 1.57. The van der Waals surface area contributed by atoms with Gasteiger partial charge >= 0.3 is 12.0 Å². The first-order valence-corrected chi connectivity index (χ1v) is 7.02. The summed E-state index contributed by atoms with van der Waals surface area (Å²) in [5, 5.41) is 14.0. The van der Waals surface area contributed by atoms with E-state index in [-0.39, 0.29) is 6.03 Å². The summed E-state index contributed by atoms with van der Waals surface area (Å²) in [7, 11) is 0. The summed E-state index contributed by atoms with van der Waals surface area (Å²) in [6.07, 6.45) is 1.12. The van der Waals surface area contributed by atoms with Crippen molar-refractivity contribution in [3.63, 3.8) is 0 Å². The van der Waals surface area contributed by atoms with Crippen LogP contribution in [0.25, 0.3) is 0 Å². The van der Waals surface area contributed by atoms with E-state index in [1.54, 1.807) is 6.92 Å². The van der Waals surface area contributed by atoms with Gasteiger partial charge in [0.2, 0.25) is 0 Å². The molecule has 0 spiro atoms. The number of amides is 2. The highest BCUT2D eigenvalue weighted by molar-refractivity contribution is 5.74. The highest BCUT2D eigenvalue weighted by Gasteiger charge is 2.10. The van der Waals surface area contributed by atoms with Gasteiger partial charge in [0.1, 0.15) is 5.75 Å². The van der Waals surface area contributed by atoms with E-state index in [4.69, 9.17) is 9.84 Å². The molecule has 0 aliphatic heterocycles. The molecular weight excluding hydrogens is 272 g/mol. The second-order valence-corrected chi connectivity index (χ2v) is 4.73.